The van der Waals surface area contributed by atoms with Gasteiger partial charge in [0.1, 0.15) is 0 Å². The van der Waals surface area contributed by atoms with Crippen molar-refractivity contribution in [3.8, 4) is 6.07 Å². The Kier molecular flexibility index (Phi) is 5.38. The summed E-state index contributed by atoms with van der Waals surface area (Å²) in [6, 6.07) is 12.4. The normalized spacial score (nSPS) is 24.6. The number of aliphatic hydroxyl groups excluding tert-OH is 1. The molecule has 2 N–H and O–H groups in total. The Bertz CT molecular complexity index is 413. The van der Waals surface area contributed by atoms with E-state index in [4.69, 9.17) is 5.26 Å². The van der Waals surface area contributed by atoms with Gasteiger partial charge >= 0.3 is 0 Å². The minimum atomic E-state index is -0.181. The molecular formula is C16H22N2O. The molecule has 1 fully saturated rings. The maximum absolute atomic E-state index is 9.98. The highest BCUT2D eigenvalue weighted by molar-refractivity contribution is 5.19. The quantitative estimate of drug-likeness (QED) is 0.854. The van der Waals surface area contributed by atoms with Crippen molar-refractivity contribution in [3.05, 3.63) is 35.9 Å². The van der Waals surface area contributed by atoms with E-state index in [1.54, 1.807) is 0 Å². The van der Waals surface area contributed by atoms with Gasteiger partial charge in [0.15, 0.2) is 0 Å². The minimum absolute atomic E-state index is 0.0697. The number of nitriles is 1. The summed E-state index contributed by atoms with van der Waals surface area (Å²) in [5.41, 5.74) is 1.15. The van der Waals surface area contributed by atoms with Gasteiger partial charge in [0, 0.05) is 12.6 Å². The molecule has 1 aliphatic rings. The van der Waals surface area contributed by atoms with Crippen LogP contribution in [0.5, 0.6) is 0 Å². The van der Waals surface area contributed by atoms with Gasteiger partial charge in [-0.25, -0.2) is 0 Å². The van der Waals surface area contributed by atoms with Crippen LogP contribution < -0.4 is 5.32 Å². The van der Waals surface area contributed by atoms with Gasteiger partial charge in [0.25, 0.3) is 0 Å². The Morgan fingerprint density at radius 3 is 2.68 bits per heavy atom. The molecule has 19 heavy (non-hydrogen) atoms. The number of nitrogens with one attached hydrogen (secondary N) is 1. The Labute approximate surface area is 115 Å². The molecule has 3 heteroatoms. The first-order valence-electron chi connectivity index (χ1n) is 7.14. The molecule has 0 aromatic heterocycles. The summed E-state index contributed by atoms with van der Waals surface area (Å²) in [7, 11) is 0. The molecule has 3 atom stereocenters. The van der Waals surface area contributed by atoms with Crippen molar-refractivity contribution in [1.29, 1.82) is 5.26 Å². The third kappa shape index (κ3) is 4.05. The molecular weight excluding hydrogens is 236 g/mol. The van der Waals surface area contributed by atoms with E-state index in [-0.39, 0.29) is 12.1 Å². The topological polar surface area (TPSA) is 56.0 Å². The van der Waals surface area contributed by atoms with Crippen molar-refractivity contribution < 1.29 is 5.11 Å². The molecule has 0 spiro atoms. The highest BCUT2D eigenvalue weighted by Crippen LogP contribution is 2.25. The van der Waals surface area contributed by atoms with Crippen LogP contribution in [0.1, 0.15) is 43.7 Å². The summed E-state index contributed by atoms with van der Waals surface area (Å²) >= 11 is 0. The highest BCUT2D eigenvalue weighted by atomic mass is 16.3. The Morgan fingerprint density at radius 1 is 1.26 bits per heavy atom. The van der Waals surface area contributed by atoms with E-state index in [9.17, 15) is 5.11 Å². The van der Waals surface area contributed by atoms with Gasteiger partial charge in [-0.2, -0.15) is 5.26 Å². The Morgan fingerprint density at radius 2 is 2.00 bits per heavy atom. The fourth-order valence-electron chi connectivity index (χ4n) is 2.80. The number of hydrogen-bond acceptors (Lipinski definition) is 3. The predicted molar refractivity (Wildman–Crippen MR) is 75.4 cm³/mol. The van der Waals surface area contributed by atoms with Crippen LogP contribution in [-0.4, -0.2) is 17.8 Å². The smallest absolute Gasteiger partial charge is 0.0641 e. The van der Waals surface area contributed by atoms with Gasteiger partial charge in [-0.15, -0.1) is 0 Å². The Hall–Kier alpha value is -1.37. The molecule has 3 unspecified atom stereocenters. The van der Waals surface area contributed by atoms with Gasteiger partial charge in [-0.3, -0.25) is 0 Å². The van der Waals surface area contributed by atoms with E-state index >= 15 is 0 Å². The second kappa shape index (κ2) is 7.28. The average molecular weight is 258 g/mol. The zero-order valence-corrected chi connectivity index (χ0v) is 11.3. The van der Waals surface area contributed by atoms with E-state index in [0.29, 0.717) is 12.3 Å². The Balaban J connectivity index is 1.92. The van der Waals surface area contributed by atoms with Crippen molar-refractivity contribution in [3.63, 3.8) is 0 Å². The molecule has 0 amide bonds. The molecule has 102 valence electrons. The monoisotopic (exact) mass is 258 g/mol. The summed E-state index contributed by atoms with van der Waals surface area (Å²) < 4.78 is 0. The summed E-state index contributed by atoms with van der Waals surface area (Å²) in [5, 5.41) is 22.4. The van der Waals surface area contributed by atoms with Crippen LogP contribution in [0.25, 0.3) is 0 Å². The lowest BCUT2D eigenvalue weighted by atomic mass is 9.86. The lowest BCUT2D eigenvalue weighted by Gasteiger charge is -2.29. The van der Waals surface area contributed by atoms with Crippen LogP contribution in [0, 0.1) is 17.2 Å². The van der Waals surface area contributed by atoms with Crippen molar-refractivity contribution in [2.75, 3.05) is 6.54 Å². The summed E-state index contributed by atoms with van der Waals surface area (Å²) in [6.07, 6.45) is 4.63. The second-order valence-corrected chi connectivity index (χ2v) is 5.35. The molecule has 3 nitrogen and oxygen atoms in total. The van der Waals surface area contributed by atoms with Crippen LogP contribution in [0.2, 0.25) is 0 Å². The first-order chi connectivity index (χ1) is 9.31. The molecule has 2 rings (SSSR count). The van der Waals surface area contributed by atoms with Gasteiger partial charge in [0.05, 0.1) is 18.6 Å². The summed E-state index contributed by atoms with van der Waals surface area (Å²) in [4.78, 5) is 0. The lowest BCUT2D eigenvalue weighted by Crippen LogP contribution is -2.35. The fourth-order valence-corrected chi connectivity index (χ4v) is 2.80. The van der Waals surface area contributed by atoms with Gasteiger partial charge in [0.2, 0.25) is 0 Å². The fraction of sp³-hybridized carbons (Fsp3) is 0.562. The second-order valence-electron chi connectivity index (χ2n) is 5.35. The van der Waals surface area contributed by atoms with E-state index in [1.165, 1.54) is 6.42 Å². The van der Waals surface area contributed by atoms with E-state index in [2.05, 4.69) is 11.4 Å². The van der Waals surface area contributed by atoms with Gasteiger partial charge in [-0.1, -0.05) is 43.2 Å². The molecule has 1 saturated carbocycles. The van der Waals surface area contributed by atoms with Crippen molar-refractivity contribution in [2.45, 2.75) is 44.2 Å². The number of nitrogens with zero attached hydrogens (tertiary/aromatic N) is 1. The lowest BCUT2D eigenvalue weighted by molar-refractivity contribution is 0.0681. The number of aliphatic hydroxyl groups is 1. The molecule has 1 aliphatic carbocycles. The molecule has 0 bridgehead atoms. The third-order valence-corrected chi connectivity index (χ3v) is 3.99. The first kappa shape index (κ1) is 14.0. The first-order valence-corrected chi connectivity index (χ1v) is 7.14. The standard InChI is InChI=1S/C16H22N2O/c17-11-10-15(13-6-2-1-3-7-13)18-12-14-8-4-5-9-16(14)19/h1-3,6-7,14-16,18-19H,4-5,8-10,12H2. The average Bonchev–Trinajstić information content (AvgIpc) is 2.46. The van der Waals surface area contributed by atoms with Crippen molar-refractivity contribution >= 4 is 0 Å². The van der Waals surface area contributed by atoms with Crippen molar-refractivity contribution in [1.82, 2.24) is 5.32 Å². The van der Waals surface area contributed by atoms with Crippen LogP contribution in [0.4, 0.5) is 0 Å². The van der Waals surface area contributed by atoms with Gasteiger partial charge < -0.3 is 10.4 Å². The zero-order valence-electron chi connectivity index (χ0n) is 11.3. The van der Waals surface area contributed by atoms with Crippen LogP contribution in [0.15, 0.2) is 30.3 Å². The molecule has 0 aliphatic heterocycles. The van der Waals surface area contributed by atoms with Crippen LogP contribution in [0.3, 0.4) is 0 Å². The number of hydrogen-bond donors (Lipinski definition) is 2. The van der Waals surface area contributed by atoms with Crippen LogP contribution in [-0.2, 0) is 0 Å². The zero-order chi connectivity index (χ0) is 13.5. The predicted octanol–water partition coefficient (Wildman–Crippen LogP) is 2.78. The number of rotatable bonds is 5. The van der Waals surface area contributed by atoms with E-state index in [1.807, 2.05) is 30.3 Å². The molecule has 1 aromatic rings. The van der Waals surface area contributed by atoms with E-state index in [0.717, 1.165) is 31.4 Å². The third-order valence-electron chi connectivity index (χ3n) is 3.99. The minimum Gasteiger partial charge on any atom is -0.393 e. The SMILES string of the molecule is N#CCC(NCC1CCCCC1O)c1ccccc1. The molecule has 1 aromatic carbocycles. The van der Waals surface area contributed by atoms with Gasteiger partial charge in [-0.05, 0) is 24.3 Å². The maximum Gasteiger partial charge on any atom is 0.0641 e. The van der Waals surface area contributed by atoms with E-state index < -0.39 is 0 Å². The summed E-state index contributed by atoms with van der Waals surface area (Å²) in [6.45, 7) is 0.794. The summed E-state index contributed by atoms with van der Waals surface area (Å²) in [5.74, 6) is 0.332. The number of benzene rings is 1. The van der Waals surface area contributed by atoms with Crippen LogP contribution >= 0.6 is 0 Å². The highest BCUT2D eigenvalue weighted by Gasteiger charge is 2.23. The maximum atomic E-state index is 9.98. The molecule has 0 heterocycles. The molecule has 0 saturated heterocycles. The van der Waals surface area contributed by atoms with Crippen molar-refractivity contribution in [2.24, 2.45) is 5.92 Å². The molecule has 0 radical (unpaired) electrons. The largest absolute Gasteiger partial charge is 0.393 e.